The molecule has 1 heterocycles. The van der Waals surface area contributed by atoms with Gasteiger partial charge < -0.3 is 16.0 Å². The molecule has 0 spiro atoms. The maximum absolute atomic E-state index is 13.9. The van der Waals surface area contributed by atoms with Gasteiger partial charge in [0.15, 0.2) is 5.82 Å². The van der Waals surface area contributed by atoms with Gasteiger partial charge in [-0.3, -0.25) is 4.79 Å². The topological polar surface area (TPSA) is 58.4 Å². The average molecular weight is 330 g/mol. The van der Waals surface area contributed by atoms with Crippen molar-refractivity contribution in [3.05, 3.63) is 34.6 Å². The lowest BCUT2D eigenvalue weighted by Gasteiger charge is -2.40. The molecule has 3 N–H and O–H groups in total. The van der Waals surface area contributed by atoms with Crippen molar-refractivity contribution in [2.24, 2.45) is 5.73 Å². The van der Waals surface area contributed by atoms with Crippen molar-refractivity contribution >= 4 is 34.7 Å². The normalized spacial score (nSPS) is 18.2. The number of likely N-dealkylation sites (tertiary alicyclic amines) is 1. The Bertz CT molecular complexity index is 573. The third-order valence-electron chi connectivity index (χ3n) is 3.86. The van der Waals surface area contributed by atoms with Gasteiger partial charge >= 0.3 is 0 Å². The summed E-state index contributed by atoms with van der Waals surface area (Å²) in [5.74, 6) is -1.28. The first kappa shape index (κ1) is 16.1. The molecule has 1 amide bonds. The number of thiocarbonyl (C=S) groups is 1. The highest BCUT2D eigenvalue weighted by atomic mass is 35.5. The molecule has 4 nitrogen and oxygen atoms in total. The number of halogens is 2. The molecule has 0 radical (unpaired) electrons. The first-order valence-electron chi connectivity index (χ1n) is 6.61. The molecule has 7 heteroatoms. The van der Waals surface area contributed by atoms with Gasteiger partial charge in [0.2, 0.25) is 0 Å². The molecule has 0 aromatic heterocycles. The van der Waals surface area contributed by atoms with E-state index in [2.05, 4.69) is 10.2 Å². The van der Waals surface area contributed by atoms with Crippen LogP contribution in [0.25, 0.3) is 0 Å². The van der Waals surface area contributed by atoms with E-state index in [1.807, 2.05) is 7.05 Å². The van der Waals surface area contributed by atoms with Crippen LogP contribution in [0.5, 0.6) is 0 Å². The fourth-order valence-corrected chi connectivity index (χ4v) is 2.83. The Morgan fingerprint density at radius 1 is 1.48 bits per heavy atom. The summed E-state index contributed by atoms with van der Waals surface area (Å²) in [6.45, 7) is 1.52. The molecule has 21 heavy (non-hydrogen) atoms. The lowest BCUT2D eigenvalue weighted by atomic mass is 9.87. The highest BCUT2D eigenvalue weighted by Gasteiger charge is 2.38. The van der Waals surface area contributed by atoms with Crippen LogP contribution >= 0.6 is 23.8 Å². The van der Waals surface area contributed by atoms with Crippen molar-refractivity contribution in [2.45, 2.75) is 18.4 Å². The first-order valence-corrected chi connectivity index (χ1v) is 7.39. The first-order chi connectivity index (χ1) is 9.85. The lowest BCUT2D eigenvalue weighted by Crippen LogP contribution is -2.61. The minimum Gasteiger partial charge on any atom is -0.391 e. The molecule has 1 aromatic rings. The van der Waals surface area contributed by atoms with Gasteiger partial charge in [-0.25, -0.2) is 4.39 Å². The van der Waals surface area contributed by atoms with Gasteiger partial charge in [0.25, 0.3) is 5.91 Å². The summed E-state index contributed by atoms with van der Waals surface area (Å²) in [5.41, 5.74) is 4.95. The molecule has 1 saturated heterocycles. The smallest absolute Gasteiger partial charge is 0.255 e. The van der Waals surface area contributed by atoms with Crippen molar-refractivity contribution in [3.63, 3.8) is 0 Å². The number of nitrogens with one attached hydrogen (secondary N) is 1. The largest absolute Gasteiger partial charge is 0.391 e. The lowest BCUT2D eigenvalue weighted by molar-refractivity contribution is 0.0886. The summed E-state index contributed by atoms with van der Waals surface area (Å²) >= 11 is 10.8. The zero-order valence-corrected chi connectivity index (χ0v) is 13.2. The third-order valence-corrected chi connectivity index (χ3v) is 4.54. The molecular weight excluding hydrogens is 313 g/mol. The predicted molar refractivity (Wildman–Crippen MR) is 85.1 cm³/mol. The highest BCUT2D eigenvalue weighted by Crippen LogP contribution is 2.24. The number of nitrogens with zero attached hydrogens (tertiary/aromatic N) is 1. The van der Waals surface area contributed by atoms with Crippen LogP contribution in [0, 0.1) is 5.82 Å². The number of carbonyl (C=O) groups excluding carboxylic acids is 1. The Hall–Kier alpha value is -1.24. The molecule has 0 saturated carbocycles. The van der Waals surface area contributed by atoms with E-state index in [0.717, 1.165) is 13.1 Å². The predicted octanol–water partition coefficient (Wildman–Crippen LogP) is 1.96. The van der Waals surface area contributed by atoms with Gasteiger partial charge in [-0.1, -0.05) is 29.9 Å². The molecule has 2 rings (SSSR count). The zero-order chi connectivity index (χ0) is 15.6. The summed E-state index contributed by atoms with van der Waals surface area (Å²) in [6, 6.07) is 4.31. The number of hydrogen-bond donors (Lipinski definition) is 2. The van der Waals surface area contributed by atoms with Crippen LogP contribution < -0.4 is 11.1 Å². The fraction of sp³-hybridized carbons (Fsp3) is 0.429. The van der Waals surface area contributed by atoms with E-state index in [1.165, 1.54) is 18.2 Å². The van der Waals surface area contributed by atoms with Gasteiger partial charge in [0, 0.05) is 13.1 Å². The Kier molecular flexibility index (Phi) is 4.81. The van der Waals surface area contributed by atoms with Gasteiger partial charge in [-0.05, 0) is 32.0 Å². The summed E-state index contributed by atoms with van der Waals surface area (Å²) in [7, 11) is 1.99. The van der Waals surface area contributed by atoms with Crippen LogP contribution in [0.1, 0.15) is 23.2 Å². The van der Waals surface area contributed by atoms with Crippen molar-refractivity contribution in [3.8, 4) is 0 Å². The SMILES string of the molecule is CN1CCC(NC(=O)c2cccc(Cl)c2F)(C(N)=S)CC1. The van der Waals surface area contributed by atoms with E-state index >= 15 is 0 Å². The average Bonchev–Trinajstić information content (AvgIpc) is 2.44. The van der Waals surface area contributed by atoms with E-state index in [1.54, 1.807) is 0 Å². The summed E-state index contributed by atoms with van der Waals surface area (Å²) < 4.78 is 13.9. The van der Waals surface area contributed by atoms with E-state index in [-0.39, 0.29) is 15.6 Å². The molecule has 1 aliphatic rings. The maximum atomic E-state index is 13.9. The fourth-order valence-electron chi connectivity index (χ4n) is 2.40. The van der Waals surface area contributed by atoms with Crippen molar-refractivity contribution < 1.29 is 9.18 Å². The minimum absolute atomic E-state index is 0.0876. The number of benzene rings is 1. The molecule has 0 unspecified atom stereocenters. The van der Waals surface area contributed by atoms with Gasteiger partial charge in [0.05, 0.1) is 21.1 Å². The van der Waals surface area contributed by atoms with E-state index in [0.29, 0.717) is 12.8 Å². The van der Waals surface area contributed by atoms with Crippen LogP contribution in [0.3, 0.4) is 0 Å². The number of nitrogens with two attached hydrogens (primary N) is 1. The van der Waals surface area contributed by atoms with Crippen molar-refractivity contribution in [1.29, 1.82) is 0 Å². The highest BCUT2D eigenvalue weighted by molar-refractivity contribution is 7.80. The van der Waals surface area contributed by atoms with Crippen LogP contribution in [0.15, 0.2) is 18.2 Å². The number of hydrogen-bond acceptors (Lipinski definition) is 3. The molecule has 1 aromatic carbocycles. The second kappa shape index (κ2) is 6.25. The molecular formula is C14H17ClFN3OS. The molecule has 114 valence electrons. The van der Waals surface area contributed by atoms with Gasteiger partial charge in [-0.15, -0.1) is 0 Å². The minimum atomic E-state index is -0.770. The second-order valence-corrected chi connectivity index (χ2v) is 6.15. The zero-order valence-electron chi connectivity index (χ0n) is 11.7. The number of carbonyl (C=O) groups is 1. The Morgan fingerprint density at radius 3 is 2.67 bits per heavy atom. The number of rotatable bonds is 3. The van der Waals surface area contributed by atoms with E-state index in [9.17, 15) is 9.18 Å². The quantitative estimate of drug-likeness (QED) is 0.832. The Balaban J connectivity index is 2.23. The molecule has 0 bridgehead atoms. The summed E-state index contributed by atoms with van der Waals surface area (Å²) in [4.78, 5) is 14.7. The van der Waals surface area contributed by atoms with Crippen LogP contribution in [-0.2, 0) is 0 Å². The van der Waals surface area contributed by atoms with Crippen molar-refractivity contribution in [2.75, 3.05) is 20.1 Å². The van der Waals surface area contributed by atoms with E-state index < -0.39 is 17.3 Å². The Morgan fingerprint density at radius 2 is 2.10 bits per heavy atom. The Labute approximate surface area is 133 Å². The molecule has 1 aliphatic heterocycles. The van der Waals surface area contributed by atoms with E-state index in [4.69, 9.17) is 29.6 Å². The maximum Gasteiger partial charge on any atom is 0.255 e. The summed E-state index contributed by atoms with van der Waals surface area (Å²) in [6.07, 6.45) is 1.21. The molecule has 0 aliphatic carbocycles. The second-order valence-electron chi connectivity index (χ2n) is 5.31. The van der Waals surface area contributed by atoms with Crippen molar-refractivity contribution in [1.82, 2.24) is 10.2 Å². The summed E-state index contributed by atoms with van der Waals surface area (Å²) in [5, 5.41) is 2.72. The number of amides is 1. The monoisotopic (exact) mass is 329 g/mol. The van der Waals surface area contributed by atoms with Gasteiger partial charge in [0.1, 0.15) is 0 Å². The van der Waals surface area contributed by atoms with Crippen LogP contribution in [-0.4, -0.2) is 41.5 Å². The third kappa shape index (κ3) is 3.33. The van der Waals surface area contributed by atoms with Crippen LogP contribution in [0.4, 0.5) is 4.39 Å². The van der Waals surface area contributed by atoms with Crippen LogP contribution in [0.2, 0.25) is 5.02 Å². The molecule has 0 atom stereocenters. The standard InChI is InChI=1S/C14H17ClFN3OS/c1-19-7-5-14(6-8-19,13(17)21)18-12(20)9-3-2-4-10(15)11(9)16/h2-4H,5-8H2,1H3,(H2,17,21)(H,18,20). The molecule has 1 fully saturated rings. The number of piperidine rings is 1. The van der Waals surface area contributed by atoms with Gasteiger partial charge in [-0.2, -0.15) is 0 Å².